The van der Waals surface area contributed by atoms with Crippen LogP contribution in [0.5, 0.6) is 0 Å². The van der Waals surface area contributed by atoms with E-state index in [1.807, 2.05) is 0 Å². The zero-order valence-electron chi connectivity index (χ0n) is 11.9. The van der Waals surface area contributed by atoms with Gasteiger partial charge in [-0.1, -0.05) is 31.7 Å². The maximum absolute atomic E-state index is 6.21. The molecule has 0 radical (unpaired) electrons. The van der Waals surface area contributed by atoms with Gasteiger partial charge in [0.2, 0.25) is 0 Å². The topological polar surface area (TPSA) is 47.3 Å². The molecule has 19 heavy (non-hydrogen) atoms. The van der Waals surface area contributed by atoms with E-state index in [0.717, 1.165) is 25.9 Å². The van der Waals surface area contributed by atoms with Crippen molar-refractivity contribution >= 4 is 11.3 Å². The van der Waals surface area contributed by atoms with Crippen LogP contribution in [0.4, 0.5) is 0 Å². The van der Waals surface area contributed by atoms with Crippen LogP contribution in [0.2, 0.25) is 0 Å². The van der Waals surface area contributed by atoms with Gasteiger partial charge < -0.3 is 4.74 Å². The minimum absolute atomic E-state index is 0.0794. The molecule has 1 aromatic rings. The van der Waals surface area contributed by atoms with Crippen LogP contribution in [0.25, 0.3) is 0 Å². The molecule has 1 saturated carbocycles. The van der Waals surface area contributed by atoms with Crippen LogP contribution in [-0.2, 0) is 11.2 Å². The first kappa shape index (κ1) is 15.0. The molecule has 1 atom stereocenters. The summed E-state index contributed by atoms with van der Waals surface area (Å²) in [7, 11) is 0. The number of hydrogen-bond acceptors (Lipinski definition) is 4. The lowest BCUT2D eigenvalue weighted by Crippen LogP contribution is -2.55. The molecule has 0 aromatic carbocycles. The van der Waals surface area contributed by atoms with Crippen LogP contribution in [0.1, 0.15) is 50.3 Å². The summed E-state index contributed by atoms with van der Waals surface area (Å²) in [4.78, 5) is 1.38. The number of ether oxygens (including phenoxy) is 1. The smallest absolute Gasteiger partial charge is 0.0851 e. The van der Waals surface area contributed by atoms with Crippen LogP contribution in [0, 0.1) is 0 Å². The minimum Gasteiger partial charge on any atom is -0.374 e. The zero-order chi connectivity index (χ0) is 13.6. The molecule has 108 valence electrons. The minimum atomic E-state index is -0.0794. The fraction of sp³-hybridized carbons (Fsp3) is 0.733. The molecule has 1 heterocycles. The maximum Gasteiger partial charge on any atom is 0.0851 e. The number of hydrazine groups is 1. The Labute approximate surface area is 120 Å². The Morgan fingerprint density at radius 3 is 2.63 bits per heavy atom. The summed E-state index contributed by atoms with van der Waals surface area (Å²) < 4.78 is 6.21. The van der Waals surface area contributed by atoms with E-state index in [1.165, 1.54) is 30.6 Å². The van der Waals surface area contributed by atoms with Crippen molar-refractivity contribution in [2.45, 2.75) is 63.5 Å². The highest BCUT2D eigenvalue weighted by Gasteiger charge is 2.39. The Hall–Kier alpha value is -0.420. The lowest BCUT2D eigenvalue weighted by atomic mass is 9.84. The average molecular weight is 282 g/mol. The fourth-order valence-electron chi connectivity index (χ4n) is 3.23. The summed E-state index contributed by atoms with van der Waals surface area (Å²) >= 11 is 1.80. The lowest BCUT2D eigenvalue weighted by molar-refractivity contribution is -0.0766. The molecule has 3 N–H and O–H groups in total. The first-order chi connectivity index (χ1) is 9.30. The Morgan fingerprint density at radius 1 is 1.37 bits per heavy atom. The number of nitrogens with one attached hydrogen (secondary N) is 1. The predicted octanol–water partition coefficient (Wildman–Crippen LogP) is 3.25. The third-order valence-electron chi connectivity index (χ3n) is 4.20. The van der Waals surface area contributed by atoms with E-state index >= 15 is 0 Å². The van der Waals surface area contributed by atoms with Crippen LogP contribution < -0.4 is 11.3 Å². The molecule has 1 fully saturated rings. The normalized spacial score (nSPS) is 20.9. The van der Waals surface area contributed by atoms with E-state index in [2.05, 4.69) is 29.9 Å². The molecular formula is C15H26N2OS. The molecule has 3 nitrogen and oxygen atoms in total. The van der Waals surface area contributed by atoms with Crippen LogP contribution in [0.15, 0.2) is 17.5 Å². The molecule has 1 unspecified atom stereocenters. The molecule has 1 aliphatic carbocycles. The average Bonchev–Trinajstić information content (AvgIpc) is 2.82. The highest BCUT2D eigenvalue weighted by molar-refractivity contribution is 7.09. The van der Waals surface area contributed by atoms with Gasteiger partial charge in [0, 0.05) is 17.9 Å². The quantitative estimate of drug-likeness (QED) is 0.478. The second kappa shape index (κ2) is 7.39. The van der Waals surface area contributed by atoms with Gasteiger partial charge in [-0.2, -0.15) is 0 Å². The zero-order valence-corrected chi connectivity index (χ0v) is 12.7. The summed E-state index contributed by atoms with van der Waals surface area (Å²) in [6.45, 7) is 2.86. The van der Waals surface area contributed by atoms with Crippen molar-refractivity contribution in [3.63, 3.8) is 0 Å². The van der Waals surface area contributed by atoms with Crippen molar-refractivity contribution in [2.24, 2.45) is 5.84 Å². The van der Waals surface area contributed by atoms with E-state index in [1.54, 1.807) is 11.3 Å². The Balaban J connectivity index is 2.13. The summed E-state index contributed by atoms with van der Waals surface area (Å²) in [6.07, 6.45) is 8.37. The van der Waals surface area contributed by atoms with Gasteiger partial charge in [0.1, 0.15) is 0 Å². The van der Waals surface area contributed by atoms with E-state index in [0.29, 0.717) is 0 Å². The largest absolute Gasteiger partial charge is 0.374 e. The lowest BCUT2D eigenvalue weighted by Gasteiger charge is -2.39. The van der Waals surface area contributed by atoms with Gasteiger partial charge in [0.15, 0.2) is 0 Å². The number of rotatable bonds is 6. The second-order valence-electron chi connectivity index (χ2n) is 5.41. The van der Waals surface area contributed by atoms with E-state index < -0.39 is 0 Å². The highest BCUT2D eigenvalue weighted by Crippen LogP contribution is 2.35. The second-order valence-corrected chi connectivity index (χ2v) is 6.45. The molecule has 0 aliphatic heterocycles. The molecule has 0 amide bonds. The van der Waals surface area contributed by atoms with Crippen molar-refractivity contribution in [1.82, 2.24) is 5.43 Å². The van der Waals surface area contributed by atoms with Crippen molar-refractivity contribution in [2.75, 3.05) is 6.61 Å². The predicted molar refractivity (Wildman–Crippen MR) is 81.2 cm³/mol. The van der Waals surface area contributed by atoms with Crippen LogP contribution in [0.3, 0.4) is 0 Å². The summed E-state index contributed by atoms with van der Waals surface area (Å²) in [5, 5.41) is 2.13. The Morgan fingerprint density at radius 2 is 2.11 bits per heavy atom. The van der Waals surface area contributed by atoms with Crippen molar-refractivity contribution in [3.05, 3.63) is 22.4 Å². The van der Waals surface area contributed by atoms with Gasteiger partial charge in [-0.05, 0) is 31.2 Å². The Kier molecular flexibility index (Phi) is 5.82. The molecule has 0 saturated heterocycles. The summed E-state index contributed by atoms with van der Waals surface area (Å²) in [5.41, 5.74) is 2.97. The number of hydrogen-bond donors (Lipinski definition) is 2. The van der Waals surface area contributed by atoms with Crippen LogP contribution >= 0.6 is 11.3 Å². The molecule has 4 heteroatoms. The van der Waals surface area contributed by atoms with Gasteiger partial charge in [-0.25, -0.2) is 0 Å². The van der Waals surface area contributed by atoms with Crippen LogP contribution in [-0.4, -0.2) is 18.2 Å². The Bertz CT molecular complexity index is 345. The molecule has 0 bridgehead atoms. The standard InChI is InChI=1S/C15H26N2OS/c1-2-18-15(9-5-3-4-6-10-15)14(17-16)12-13-8-7-11-19-13/h7-8,11,14,17H,2-6,9-10,12,16H2,1H3. The van der Waals surface area contributed by atoms with Crippen molar-refractivity contribution in [3.8, 4) is 0 Å². The SMILES string of the molecule is CCOC1(C(Cc2cccs2)NN)CCCCCC1. The van der Waals surface area contributed by atoms with Gasteiger partial charge in [-0.15, -0.1) is 11.3 Å². The first-order valence-corrected chi connectivity index (χ1v) is 8.31. The molecular weight excluding hydrogens is 256 g/mol. The fourth-order valence-corrected chi connectivity index (χ4v) is 3.99. The van der Waals surface area contributed by atoms with Gasteiger partial charge >= 0.3 is 0 Å². The summed E-state index contributed by atoms with van der Waals surface area (Å²) in [6, 6.07) is 4.50. The third kappa shape index (κ3) is 3.78. The van der Waals surface area contributed by atoms with E-state index in [-0.39, 0.29) is 11.6 Å². The summed E-state index contributed by atoms with van der Waals surface area (Å²) in [5.74, 6) is 5.86. The van der Waals surface area contributed by atoms with E-state index in [9.17, 15) is 0 Å². The van der Waals surface area contributed by atoms with Gasteiger partial charge in [-0.3, -0.25) is 11.3 Å². The number of thiophene rings is 1. The highest BCUT2D eigenvalue weighted by atomic mass is 32.1. The maximum atomic E-state index is 6.21. The molecule has 1 aliphatic rings. The third-order valence-corrected chi connectivity index (χ3v) is 5.10. The molecule has 1 aromatic heterocycles. The first-order valence-electron chi connectivity index (χ1n) is 7.43. The van der Waals surface area contributed by atoms with Crippen molar-refractivity contribution < 1.29 is 4.74 Å². The van der Waals surface area contributed by atoms with Gasteiger partial charge in [0.25, 0.3) is 0 Å². The monoisotopic (exact) mass is 282 g/mol. The number of nitrogens with two attached hydrogens (primary N) is 1. The van der Waals surface area contributed by atoms with Crippen molar-refractivity contribution in [1.29, 1.82) is 0 Å². The molecule has 0 spiro atoms. The molecule has 2 rings (SSSR count). The van der Waals surface area contributed by atoms with E-state index in [4.69, 9.17) is 10.6 Å². The van der Waals surface area contributed by atoms with Gasteiger partial charge in [0.05, 0.1) is 11.6 Å².